The minimum absolute atomic E-state index is 0.0188. The molecule has 2 rings (SSSR count). The van der Waals surface area contributed by atoms with Crippen molar-refractivity contribution in [2.45, 2.75) is 38.6 Å². The zero-order valence-electron chi connectivity index (χ0n) is 11.6. The van der Waals surface area contributed by atoms with Crippen molar-refractivity contribution in [1.82, 2.24) is 9.55 Å². The van der Waals surface area contributed by atoms with Crippen molar-refractivity contribution >= 4 is 21.4 Å². The van der Waals surface area contributed by atoms with E-state index in [1.807, 2.05) is 0 Å². The van der Waals surface area contributed by atoms with Crippen LogP contribution in [-0.2, 0) is 15.4 Å². The zero-order chi connectivity index (χ0) is 15.3. The highest BCUT2D eigenvalue weighted by Gasteiger charge is 2.42. The first-order valence-electron chi connectivity index (χ1n) is 6.33. The molecule has 8 heteroatoms. The van der Waals surface area contributed by atoms with Gasteiger partial charge in [0.05, 0.1) is 22.6 Å². The summed E-state index contributed by atoms with van der Waals surface area (Å²) < 4.78 is 24.4. The van der Waals surface area contributed by atoms with Crippen LogP contribution < -0.4 is 11.2 Å². The van der Waals surface area contributed by atoms with Crippen molar-refractivity contribution < 1.29 is 8.42 Å². The molecule has 0 saturated carbocycles. The Bertz CT molecular complexity index is 763. The molecule has 1 aliphatic heterocycles. The summed E-state index contributed by atoms with van der Waals surface area (Å²) in [5.74, 6) is -0.392. The van der Waals surface area contributed by atoms with Crippen molar-refractivity contribution in [1.29, 1.82) is 0 Å². The van der Waals surface area contributed by atoms with Gasteiger partial charge in [0.1, 0.15) is 5.15 Å². The Labute approximate surface area is 121 Å². The van der Waals surface area contributed by atoms with Gasteiger partial charge in [-0.3, -0.25) is 14.3 Å². The molecule has 0 aliphatic carbocycles. The van der Waals surface area contributed by atoms with Crippen molar-refractivity contribution in [2.24, 2.45) is 0 Å². The predicted molar refractivity (Wildman–Crippen MR) is 77.3 cm³/mol. The van der Waals surface area contributed by atoms with E-state index in [4.69, 9.17) is 11.6 Å². The number of nitrogens with zero attached hydrogens (tertiary/aromatic N) is 1. The molecule has 2 heterocycles. The van der Waals surface area contributed by atoms with E-state index in [2.05, 4.69) is 4.98 Å². The van der Waals surface area contributed by atoms with Crippen molar-refractivity contribution in [3.05, 3.63) is 31.6 Å². The molecule has 1 atom stereocenters. The number of H-pyrrole nitrogens is 1. The second-order valence-electron chi connectivity index (χ2n) is 5.79. The fraction of sp³-hybridized carbons (Fsp3) is 0.667. The molecule has 1 unspecified atom stereocenters. The second kappa shape index (κ2) is 4.73. The lowest BCUT2D eigenvalue weighted by Gasteiger charge is -2.25. The highest BCUT2D eigenvalue weighted by Crippen LogP contribution is 2.29. The molecule has 1 aromatic rings. The third-order valence-corrected chi connectivity index (χ3v) is 5.88. The maximum atomic E-state index is 12.5. The topological polar surface area (TPSA) is 89.0 Å². The van der Waals surface area contributed by atoms with Crippen LogP contribution in [0.25, 0.3) is 0 Å². The normalized spacial score (nSPS) is 25.2. The number of halogens is 1. The molecule has 0 aromatic carbocycles. The van der Waals surface area contributed by atoms with E-state index < -0.39 is 26.6 Å². The second-order valence-corrected chi connectivity index (χ2v) is 8.35. The van der Waals surface area contributed by atoms with E-state index in [1.165, 1.54) is 0 Å². The number of aromatic amines is 1. The average Bonchev–Trinajstić information content (AvgIpc) is 2.51. The van der Waals surface area contributed by atoms with Crippen LogP contribution in [-0.4, -0.2) is 29.5 Å². The summed E-state index contributed by atoms with van der Waals surface area (Å²) in [5.41, 5.74) is -1.88. The van der Waals surface area contributed by atoms with Gasteiger partial charge in [0.2, 0.25) is 0 Å². The molecule has 112 valence electrons. The van der Waals surface area contributed by atoms with Gasteiger partial charge in [0, 0.05) is 0 Å². The molecule has 1 N–H and O–H groups in total. The molecule has 0 bridgehead atoms. The molecule has 0 radical (unpaired) electrons. The van der Waals surface area contributed by atoms with E-state index in [0.29, 0.717) is 5.56 Å². The fourth-order valence-electron chi connectivity index (χ4n) is 2.68. The molecule has 6 nitrogen and oxygen atoms in total. The number of sulfone groups is 1. The number of rotatable bonds is 2. The smallest absolute Gasteiger partial charge is 0.297 e. The number of nitrogens with one attached hydrogen (secondary N) is 1. The SMILES string of the molecule is CC(C)c1c(Cl)[nH]c(=O)n(C2(C)CCS(=O)(=O)C2)c1=O. The summed E-state index contributed by atoms with van der Waals surface area (Å²) in [6.45, 7) is 5.20. The van der Waals surface area contributed by atoms with Crippen LogP contribution >= 0.6 is 11.6 Å². The van der Waals surface area contributed by atoms with Crippen LogP contribution in [0, 0.1) is 0 Å². The Balaban J connectivity index is 2.74. The van der Waals surface area contributed by atoms with Crippen molar-refractivity contribution in [3.63, 3.8) is 0 Å². The Morgan fingerprint density at radius 2 is 1.95 bits per heavy atom. The van der Waals surface area contributed by atoms with Crippen LogP contribution in [0.1, 0.15) is 38.7 Å². The monoisotopic (exact) mass is 320 g/mol. The third kappa shape index (κ3) is 2.44. The van der Waals surface area contributed by atoms with E-state index >= 15 is 0 Å². The first kappa shape index (κ1) is 15.3. The summed E-state index contributed by atoms with van der Waals surface area (Å²) in [7, 11) is -3.22. The molecule has 1 fully saturated rings. The van der Waals surface area contributed by atoms with Gasteiger partial charge in [-0.2, -0.15) is 0 Å². The van der Waals surface area contributed by atoms with Crippen molar-refractivity contribution in [2.75, 3.05) is 11.5 Å². The Morgan fingerprint density at radius 1 is 1.35 bits per heavy atom. The van der Waals surface area contributed by atoms with Crippen LogP contribution in [0.3, 0.4) is 0 Å². The zero-order valence-corrected chi connectivity index (χ0v) is 13.1. The van der Waals surface area contributed by atoms with Gasteiger partial charge in [0.25, 0.3) is 5.56 Å². The van der Waals surface area contributed by atoms with Crippen LogP contribution in [0.2, 0.25) is 5.15 Å². The van der Waals surface area contributed by atoms with Gasteiger partial charge in [-0.25, -0.2) is 13.2 Å². The molecular weight excluding hydrogens is 304 g/mol. The minimum Gasteiger partial charge on any atom is -0.297 e. The first-order chi connectivity index (χ1) is 9.07. The lowest BCUT2D eigenvalue weighted by molar-refractivity contribution is 0.336. The molecular formula is C12H17ClN2O4S. The van der Waals surface area contributed by atoms with E-state index in [0.717, 1.165) is 4.57 Å². The van der Waals surface area contributed by atoms with Crippen LogP contribution in [0.4, 0.5) is 0 Å². The van der Waals surface area contributed by atoms with Gasteiger partial charge < -0.3 is 0 Å². The predicted octanol–water partition coefficient (Wildman–Crippen LogP) is 0.847. The maximum Gasteiger partial charge on any atom is 0.330 e. The number of hydrogen-bond donors (Lipinski definition) is 1. The Kier molecular flexibility index (Phi) is 3.62. The lowest BCUT2D eigenvalue weighted by Crippen LogP contribution is -2.50. The molecule has 1 aromatic heterocycles. The molecule has 1 saturated heterocycles. The highest BCUT2D eigenvalue weighted by atomic mass is 35.5. The minimum atomic E-state index is -3.22. The van der Waals surface area contributed by atoms with Gasteiger partial charge in [0.15, 0.2) is 9.84 Å². The Morgan fingerprint density at radius 3 is 2.40 bits per heavy atom. The first-order valence-corrected chi connectivity index (χ1v) is 8.53. The van der Waals surface area contributed by atoms with Crippen LogP contribution in [0.5, 0.6) is 0 Å². The average molecular weight is 321 g/mol. The number of hydrogen-bond acceptors (Lipinski definition) is 4. The van der Waals surface area contributed by atoms with Gasteiger partial charge in [-0.15, -0.1) is 0 Å². The third-order valence-electron chi connectivity index (χ3n) is 3.69. The molecule has 1 aliphatic rings. The maximum absolute atomic E-state index is 12.5. The molecule has 0 spiro atoms. The van der Waals surface area contributed by atoms with E-state index in [9.17, 15) is 18.0 Å². The van der Waals surface area contributed by atoms with Crippen LogP contribution in [0.15, 0.2) is 9.59 Å². The van der Waals surface area contributed by atoms with E-state index in [-0.39, 0.29) is 29.0 Å². The van der Waals surface area contributed by atoms with Gasteiger partial charge in [-0.05, 0) is 19.3 Å². The summed E-state index contributed by atoms with van der Waals surface area (Å²) in [6, 6.07) is 0. The number of aromatic nitrogens is 2. The lowest BCUT2D eigenvalue weighted by atomic mass is 10.0. The Hall–Kier alpha value is -1.08. The van der Waals surface area contributed by atoms with Gasteiger partial charge >= 0.3 is 5.69 Å². The fourth-order valence-corrected chi connectivity index (χ4v) is 5.18. The molecule has 0 amide bonds. The van der Waals surface area contributed by atoms with E-state index in [1.54, 1.807) is 20.8 Å². The largest absolute Gasteiger partial charge is 0.330 e. The molecule has 20 heavy (non-hydrogen) atoms. The quantitative estimate of drug-likeness (QED) is 0.818. The highest BCUT2D eigenvalue weighted by molar-refractivity contribution is 7.91. The van der Waals surface area contributed by atoms with Gasteiger partial charge in [-0.1, -0.05) is 25.4 Å². The van der Waals surface area contributed by atoms with Crippen molar-refractivity contribution in [3.8, 4) is 0 Å². The summed E-state index contributed by atoms with van der Waals surface area (Å²) in [4.78, 5) is 27.0. The summed E-state index contributed by atoms with van der Waals surface area (Å²) >= 11 is 5.92. The standard InChI is InChI=1S/C12H17ClN2O4S/c1-7(2)8-9(13)14-11(17)15(10(8)16)12(3)4-5-20(18,19)6-12/h7H,4-6H2,1-3H3,(H,14,17). The summed E-state index contributed by atoms with van der Waals surface area (Å²) in [6.07, 6.45) is 0.248. The summed E-state index contributed by atoms with van der Waals surface area (Å²) in [5, 5.41) is 0.0238.